The molecular formula is C11H9N3O4. The predicted molar refractivity (Wildman–Crippen MR) is 61.9 cm³/mol. The molecule has 2 rings (SSSR count). The zero-order valence-electron chi connectivity index (χ0n) is 9.40. The predicted octanol–water partition coefficient (Wildman–Crippen LogP) is 1.79. The molecule has 0 spiro atoms. The van der Waals surface area contributed by atoms with Gasteiger partial charge in [0.25, 0.3) is 0 Å². The highest BCUT2D eigenvalue weighted by Crippen LogP contribution is 2.18. The largest absolute Gasteiger partial charge is 0.478 e. The van der Waals surface area contributed by atoms with Crippen LogP contribution in [-0.2, 0) is 0 Å². The molecule has 0 radical (unpaired) electrons. The van der Waals surface area contributed by atoms with Crippen molar-refractivity contribution in [3.8, 4) is 5.69 Å². The molecule has 0 saturated carbocycles. The van der Waals surface area contributed by atoms with Crippen molar-refractivity contribution in [1.29, 1.82) is 0 Å². The number of nitrogens with zero attached hydrogens (tertiary/aromatic N) is 3. The minimum atomic E-state index is -1.01. The molecule has 2 aromatic rings. The van der Waals surface area contributed by atoms with Gasteiger partial charge in [-0.05, 0) is 40.6 Å². The van der Waals surface area contributed by atoms with E-state index in [1.165, 1.54) is 29.2 Å². The normalized spacial score (nSPS) is 10.3. The lowest BCUT2D eigenvalue weighted by Crippen LogP contribution is -2.00. The van der Waals surface area contributed by atoms with Gasteiger partial charge in [-0.2, -0.15) is 0 Å². The summed E-state index contributed by atoms with van der Waals surface area (Å²) in [5.41, 5.74) is 1.52. The summed E-state index contributed by atoms with van der Waals surface area (Å²) in [4.78, 5) is 24.4. The van der Waals surface area contributed by atoms with Gasteiger partial charge in [-0.3, -0.25) is 4.57 Å². The lowest BCUT2D eigenvalue weighted by atomic mass is 10.1. The second-order valence-corrected chi connectivity index (χ2v) is 3.70. The zero-order chi connectivity index (χ0) is 13.3. The van der Waals surface area contributed by atoms with Crippen molar-refractivity contribution in [2.24, 2.45) is 0 Å². The number of carbonyl (C=O) groups is 1. The average Bonchev–Trinajstić information content (AvgIpc) is 2.78. The number of aryl methyl sites for hydroxylation is 1. The number of nitro groups is 1. The molecule has 7 heteroatoms. The molecule has 1 aromatic heterocycles. The van der Waals surface area contributed by atoms with Gasteiger partial charge in [-0.25, -0.2) is 4.79 Å². The van der Waals surface area contributed by atoms with Crippen LogP contribution < -0.4 is 0 Å². The maximum Gasteiger partial charge on any atom is 0.381 e. The monoisotopic (exact) mass is 247 g/mol. The number of hydrogen-bond acceptors (Lipinski definition) is 4. The van der Waals surface area contributed by atoms with E-state index in [1.54, 1.807) is 13.0 Å². The highest BCUT2D eigenvalue weighted by molar-refractivity contribution is 5.88. The van der Waals surface area contributed by atoms with Crippen LogP contribution in [0.4, 0.5) is 5.82 Å². The molecule has 1 heterocycles. The molecule has 0 aliphatic rings. The van der Waals surface area contributed by atoms with Gasteiger partial charge in [0.2, 0.25) is 6.33 Å². The molecule has 92 valence electrons. The molecule has 0 unspecified atom stereocenters. The van der Waals surface area contributed by atoms with Crippen LogP contribution in [-0.4, -0.2) is 25.6 Å². The Hall–Kier alpha value is -2.70. The quantitative estimate of drug-likeness (QED) is 0.658. The molecule has 0 amide bonds. The number of imidazole rings is 1. The third-order valence-corrected chi connectivity index (χ3v) is 2.48. The standard InChI is InChI=1S/C11H9N3O4/c1-7-4-8(11(15)16)2-3-9(7)13-5-10(12-6-13)14(17)18/h2-6H,1H3,(H,15,16). The number of benzene rings is 1. The lowest BCUT2D eigenvalue weighted by Gasteiger charge is -2.05. The van der Waals surface area contributed by atoms with Crippen molar-refractivity contribution >= 4 is 11.8 Å². The van der Waals surface area contributed by atoms with Crippen molar-refractivity contribution < 1.29 is 14.8 Å². The van der Waals surface area contributed by atoms with Gasteiger partial charge in [0, 0.05) is 0 Å². The summed E-state index contributed by atoms with van der Waals surface area (Å²) >= 11 is 0. The first-order valence-electron chi connectivity index (χ1n) is 5.02. The molecular weight excluding hydrogens is 238 g/mol. The van der Waals surface area contributed by atoms with Gasteiger partial charge >= 0.3 is 11.8 Å². The van der Waals surface area contributed by atoms with Crippen LogP contribution in [0.3, 0.4) is 0 Å². The van der Waals surface area contributed by atoms with Gasteiger partial charge in [0.15, 0.2) is 0 Å². The van der Waals surface area contributed by atoms with Crippen LogP contribution in [0.25, 0.3) is 5.69 Å². The van der Waals surface area contributed by atoms with E-state index in [-0.39, 0.29) is 11.4 Å². The van der Waals surface area contributed by atoms with Crippen LogP contribution in [0, 0.1) is 17.0 Å². The number of aromatic nitrogens is 2. The smallest absolute Gasteiger partial charge is 0.381 e. The summed E-state index contributed by atoms with van der Waals surface area (Å²) in [7, 11) is 0. The van der Waals surface area contributed by atoms with Gasteiger partial charge in [-0.1, -0.05) is 0 Å². The van der Waals surface area contributed by atoms with E-state index in [4.69, 9.17) is 5.11 Å². The third kappa shape index (κ3) is 2.05. The maximum absolute atomic E-state index is 10.8. The molecule has 0 bridgehead atoms. The Morgan fingerprint density at radius 3 is 2.72 bits per heavy atom. The Balaban J connectivity index is 2.44. The summed E-state index contributed by atoms with van der Waals surface area (Å²) in [6.45, 7) is 1.73. The second-order valence-electron chi connectivity index (χ2n) is 3.70. The lowest BCUT2D eigenvalue weighted by molar-refractivity contribution is -0.389. The van der Waals surface area contributed by atoms with Gasteiger partial charge in [0.1, 0.15) is 6.20 Å². The molecule has 18 heavy (non-hydrogen) atoms. The van der Waals surface area contributed by atoms with Crippen molar-refractivity contribution in [2.75, 3.05) is 0 Å². The first-order chi connectivity index (χ1) is 8.49. The van der Waals surface area contributed by atoms with Gasteiger partial charge in [0.05, 0.1) is 11.3 Å². The first-order valence-corrected chi connectivity index (χ1v) is 5.02. The third-order valence-electron chi connectivity index (χ3n) is 2.48. The summed E-state index contributed by atoms with van der Waals surface area (Å²) in [6.07, 6.45) is 2.60. The van der Waals surface area contributed by atoms with Crippen LogP contribution >= 0.6 is 0 Å². The number of carboxylic acid groups (broad SMARTS) is 1. The molecule has 0 saturated heterocycles. The van der Waals surface area contributed by atoms with Gasteiger partial charge in [-0.15, -0.1) is 0 Å². The molecule has 0 aliphatic heterocycles. The molecule has 0 fully saturated rings. The average molecular weight is 247 g/mol. The summed E-state index contributed by atoms with van der Waals surface area (Å²) in [5.74, 6) is -1.27. The zero-order valence-corrected chi connectivity index (χ0v) is 9.40. The topological polar surface area (TPSA) is 98.3 Å². The van der Waals surface area contributed by atoms with E-state index in [0.717, 1.165) is 0 Å². The number of rotatable bonds is 3. The molecule has 7 nitrogen and oxygen atoms in total. The summed E-state index contributed by atoms with van der Waals surface area (Å²) < 4.78 is 1.49. The van der Waals surface area contributed by atoms with E-state index in [2.05, 4.69) is 4.98 Å². The number of hydrogen-bond donors (Lipinski definition) is 1. The maximum atomic E-state index is 10.8. The summed E-state index contributed by atoms with van der Waals surface area (Å²) in [6, 6.07) is 4.53. The number of carboxylic acids is 1. The number of aromatic carboxylic acids is 1. The Kier molecular flexibility index (Phi) is 2.80. The Labute approximate surface area is 101 Å². The summed E-state index contributed by atoms with van der Waals surface area (Å²) in [5, 5.41) is 19.4. The molecule has 0 aliphatic carbocycles. The van der Waals surface area contributed by atoms with Gasteiger partial charge < -0.3 is 15.2 Å². The fourth-order valence-corrected chi connectivity index (χ4v) is 1.62. The van der Waals surface area contributed by atoms with E-state index >= 15 is 0 Å². The molecule has 0 atom stereocenters. The van der Waals surface area contributed by atoms with E-state index in [1.807, 2.05) is 0 Å². The molecule has 1 aromatic carbocycles. The van der Waals surface area contributed by atoms with Crippen molar-refractivity contribution in [3.05, 3.63) is 52.0 Å². The van der Waals surface area contributed by atoms with E-state index < -0.39 is 10.9 Å². The highest BCUT2D eigenvalue weighted by atomic mass is 16.6. The minimum Gasteiger partial charge on any atom is -0.478 e. The van der Waals surface area contributed by atoms with Crippen LogP contribution in [0.2, 0.25) is 0 Å². The fourth-order valence-electron chi connectivity index (χ4n) is 1.62. The van der Waals surface area contributed by atoms with E-state index in [9.17, 15) is 14.9 Å². The Morgan fingerprint density at radius 2 is 2.22 bits per heavy atom. The molecule has 1 N–H and O–H groups in total. The highest BCUT2D eigenvalue weighted by Gasteiger charge is 2.13. The fraction of sp³-hybridized carbons (Fsp3) is 0.0909. The Morgan fingerprint density at radius 1 is 1.50 bits per heavy atom. The minimum absolute atomic E-state index is 0.172. The van der Waals surface area contributed by atoms with Crippen molar-refractivity contribution in [3.63, 3.8) is 0 Å². The van der Waals surface area contributed by atoms with Crippen molar-refractivity contribution in [1.82, 2.24) is 9.55 Å². The van der Waals surface area contributed by atoms with Crippen molar-refractivity contribution in [2.45, 2.75) is 6.92 Å². The van der Waals surface area contributed by atoms with E-state index in [0.29, 0.717) is 11.3 Å². The second kappa shape index (κ2) is 4.28. The SMILES string of the molecule is Cc1cc(C(=O)O)ccc1-n1cnc([N+](=O)[O-])c1. The Bertz CT molecular complexity index is 633. The first kappa shape index (κ1) is 11.8. The van der Waals surface area contributed by atoms with Crippen LogP contribution in [0.1, 0.15) is 15.9 Å². The van der Waals surface area contributed by atoms with Crippen LogP contribution in [0.15, 0.2) is 30.7 Å². The van der Waals surface area contributed by atoms with Crippen LogP contribution in [0.5, 0.6) is 0 Å².